The molecule has 0 aromatic carbocycles. The van der Waals surface area contributed by atoms with Gasteiger partial charge in [-0.05, 0) is 38.1 Å². The van der Waals surface area contributed by atoms with Crippen LogP contribution in [0.5, 0.6) is 0 Å². The summed E-state index contributed by atoms with van der Waals surface area (Å²) in [6.07, 6.45) is 3.76. The van der Waals surface area contributed by atoms with Gasteiger partial charge in [-0.15, -0.1) is 0 Å². The van der Waals surface area contributed by atoms with Crippen LogP contribution in [-0.2, 0) is 9.53 Å². The third-order valence-electron chi connectivity index (χ3n) is 4.58. The van der Waals surface area contributed by atoms with Gasteiger partial charge in [0.05, 0.1) is 5.60 Å². The zero-order chi connectivity index (χ0) is 13.7. The average Bonchev–Trinajstić information content (AvgIpc) is 2.87. The standard InChI is InChI=1S/C15H27NO2S/c1-3-16(4-2)8-5-14(17)13-6-9-18-15(11-13)7-10-19-12-15/h13H,3-12H2,1-2H3. The lowest BCUT2D eigenvalue weighted by atomic mass is 9.82. The normalized spacial score (nSPS) is 31.2. The summed E-state index contributed by atoms with van der Waals surface area (Å²) in [4.78, 5) is 14.7. The second-order valence-electron chi connectivity index (χ2n) is 5.77. The quantitative estimate of drug-likeness (QED) is 0.750. The van der Waals surface area contributed by atoms with Crippen molar-refractivity contribution in [3.05, 3.63) is 0 Å². The van der Waals surface area contributed by atoms with Crippen LogP contribution in [0, 0.1) is 5.92 Å². The maximum Gasteiger partial charge on any atom is 0.137 e. The highest BCUT2D eigenvalue weighted by atomic mass is 32.2. The largest absolute Gasteiger partial charge is 0.374 e. The average molecular weight is 285 g/mol. The minimum Gasteiger partial charge on any atom is -0.374 e. The first-order valence-corrected chi connectivity index (χ1v) is 8.81. The molecule has 0 aromatic rings. The summed E-state index contributed by atoms with van der Waals surface area (Å²) in [5.74, 6) is 3.00. The lowest BCUT2D eigenvalue weighted by Gasteiger charge is -2.37. The molecular formula is C15H27NO2S. The molecule has 2 heterocycles. The van der Waals surface area contributed by atoms with Gasteiger partial charge in [0, 0.05) is 31.2 Å². The maximum absolute atomic E-state index is 12.4. The highest BCUT2D eigenvalue weighted by Gasteiger charge is 2.42. The second-order valence-corrected chi connectivity index (χ2v) is 6.87. The van der Waals surface area contributed by atoms with Gasteiger partial charge in [-0.25, -0.2) is 0 Å². The van der Waals surface area contributed by atoms with Crippen LogP contribution in [0.1, 0.15) is 39.5 Å². The molecule has 0 amide bonds. The van der Waals surface area contributed by atoms with E-state index < -0.39 is 0 Å². The van der Waals surface area contributed by atoms with Crippen molar-refractivity contribution in [3.8, 4) is 0 Å². The number of rotatable bonds is 6. The Bertz CT molecular complexity index is 299. The fraction of sp³-hybridized carbons (Fsp3) is 0.933. The van der Waals surface area contributed by atoms with Gasteiger partial charge in [-0.3, -0.25) is 4.79 Å². The molecule has 2 aliphatic heterocycles. The van der Waals surface area contributed by atoms with Gasteiger partial charge in [-0.2, -0.15) is 11.8 Å². The molecule has 2 atom stereocenters. The molecule has 2 saturated heterocycles. The first-order chi connectivity index (χ1) is 9.19. The Morgan fingerprint density at radius 1 is 1.42 bits per heavy atom. The number of thioether (sulfide) groups is 1. The van der Waals surface area contributed by atoms with Crippen molar-refractivity contribution >= 4 is 17.5 Å². The SMILES string of the molecule is CCN(CC)CCC(=O)C1CCOC2(CCSC2)C1. The molecule has 1 spiro atoms. The van der Waals surface area contributed by atoms with Gasteiger partial charge in [0.25, 0.3) is 0 Å². The summed E-state index contributed by atoms with van der Waals surface area (Å²) in [5.41, 5.74) is 0.0401. The Morgan fingerprint density at radius 3 is 2.84 bits per heavy atom. The molecule has 3 nitrogen and oxygen atoms in total. The van der Waals surface area contributed by atoms with Crippen molar-refractivity contribution in [3.63, 3.8) is 0 Å². The van der Waals surface area contributed by atoms with Crippen LogP contribution in [0.25, 0.3) is 0 Å². The van der Waals surface area contributed by atoms with E-state index in [4.69, 9.17) is 4.74 Å². The highest BCUT2D eigenvalue weighted by Crippen LogP contribution is 2.40. The molecule has 2 aliphatic rings. The fourth-order valence-corrected chi connectivity index (χ4v) is 4.56. The summed E-state index contributed by atoms with van der Waals surface area (Å²) >= 11 is 1.97. The lowest BCUT2D eigenvalue weighted by molar-refractivity contribution is -0.134. The highest BCUT2D eigenvalue weighted by molar-refractivity contribution is 7.99. The first kappa shape index (κ1) is 15.3. The maximum atomic E-state index is 12.4. The zero-order valence-electron chi connectivity index (χ0n) is 12.3. The van der Waals surface area contributed by atoms with E-state index in [2.05, 4.69) is 18.7 Å². The summed E-state index contributed by atoms with van der Waals surface area (Å²) in [5, 5.41) is 0. The van der Waals surface area contributed by atoms with Crippen molar-refractivity contribution in [2.45, 2.75) is 45.1 Å². The summed E-state index contributed by atoms with van der Waals surface area (Å²) < 4.78 is 5.99. The Hall–Kier alpha value is -0.0600. The van der Waals surface area contributed by atoms with E-state index in [0.717, 1.165) is 57.7 Å². The van der Waals surface area contributed by atoms with Gasteiger partial charge in [0.2, 0.25) is 0 Å². The van der Waals surface area contributed by atoms with E-state index >= 15 is 0 Å². The van der Waals surface area contributed by atoms with Crippen LogP contribution in [0.3, 0.4) is 0 Å². The van der Waals surface area contributed by atoms with E-state index in [0.29, 0.717) is 5.78 Å². The second kappa shape index (κ2) is 7.09. The Kier molecular flexibility index (Phi) is 5.72. The number of Topliss-reactive ketones (excluding diaryl/α,β-unsaturated/α-hetero) is 1. The van der Waals surface area contributed by atoms with Gasteiger partial charge in [-0.1, -0.05) is 13.8 Å². The molecule has 0 radical (unpaired) electrons. The van der Waals surface area contributed by atoms with Gasteiger partial charge in [0.1, 0.15) is 5.78 Å². The molecule has 0 aromatic heterocycles. The summed E-state index contributed by atoms with van der Waals surface area (Å²) in [7, 11) is 0. The van der Waals surface area contributed by atoms with Crippen molar-refractivity contribution in [2.24, 2.45) is 5.92 Å². The number of nitrogens with zero attached hydrogens (tertiary/aromatic N) is 1. The molecule has 2 unspecified atom stereocenters. The van der Waals surface area contributed by atoms with E-state index in [1.807, 2.05) is 11.8 Å². The molecular weight excluding hydrogens is 258 g/mol. The smallest absolute Gasteiger partial charge is 0.137 e. The van der Waals surface area contributed by atoms with Crippen LogP contribution in [0.4, 0.5) is 0 Å². The molecule has 0 bridgehead atoms. The molecule has 0 N–H and O–H groups in total. The van der Waals surface area contributed by atoms with Crippen LogP contribution < -0.4 is 0 Å². The minimum atomic E-state index is 0.0401. The topological polar surface area (TPSA) is 29.5 Å². The van der Waals surface area contributed by atoms with Crippen molar-refractivity contribution in [1.82, 2.24) is 4.90 Å². The number of ketones is 1. The van der Waals surface area contributed by atoms with Crippen LogP contribution in [-0.4, -0.2) is 54.0 Å². The molecule has 19 heavy (non-hydrogen) atoms. The molecule has 0 aliphatic carbocycles. The molecule has 2 rings (SSSR count). The number of ether oxygens (including phenoxy) is 1. The third kappa shape index (κ3) is 3.96. The lowest BCUT2D eigenvalue weighted by Crippen LogP contribution is -2.42. The monoisotopic (exact) mass is 285 g/mol. The Morgan fingerprint density at radius 2 is 2.21 bits per heavy atom. The fourth-order valence-electron chi connectivity index (χ4n) is 3.18. The van der Waals surface area contributed by atoms with E-state index in [9.17, 15) is 4.79 Å². The van der Waals surface area contributed by atoms with E-state index in [-0.39, 0.29) is 11.5 Å². The van der Waals surface area contributed by atoms with E-state index in [1.165, 1.54) is 5.75 Å². The summed E-state index contributed by atoms with van der Waals surface area (Å²) in [6.45, 7) is 8.10. The van der Waals surface area contributed by atoms with Crippen LogP contribution >= 0.6 is 11.8 Å². The Balaban J connectivity index is 1.81. The molecule has 110 valence electrons. The van der Waals surface area contributed by atoms with Crippen molar-refractivity contribution in [1.29, 1.82) is 0 Å². The first-order valence-electron chi connectivity index (χ1n) is 7.66. The number of hydrogen-bond acceptors (Lipinski definition) is 4. The van der Waals surface area contributed by atoms with Crippen molar-refractivity contribution < 1.29 is 9.53 Å². The predicted molar refractivity (Wildman–Crippen MR) is 80.8 cm³/mol. The van der Waals surface area contributed by atoms with Gasteiger partial charge < -0.3 is 9.64 Å². The number of carbonyl (C=O) groups excluding carboxylic acids is 1. The number of carbonyl (C=O) groups is 1. The zero-order valence-corrected chi connectivity index (χ0v) is 13.1. The van der Waals surface area contributed by atoms with Crippen LogP contribution in [0.2, 0.25) is 0 Å². The van der Waals surface area contributed by atoms with Crippen molar-refractivity contribution in [2.75, 3.05) is 37.7 Å². The molecule has 2 fully saturated rings. The Labute approximate surface area is 121 Å². The van der Waals surface area contributed by atoms with Gasteiger partial charge >= 0.3 is 0 Å². The summed E-state index contributed by atoms with van der Waals surface area (Å²) in [6, 6.07) is 0. The third-order valence-corrected chi connectivity index (χ3v) is 5.81. The molecule has 0 saturated carbocycles. The van der Waals surface area contributed by atoms with Gasteiger partial charge in [0.15, 0.2) is 0 Å². The predicted octanol–water partition coefficient (Wildman–Crippen LogP) is 2.59. The van der Waals surface area contributed by atoms with E-state index in [1.54, 1.807) is 0 Å². The molecule has 4 heteroatoms. The van der Waals surface area contributed by atoms with Crippen LogP contribution in [0.15, 0.2) is 0 Å². The minimum absolute atomic E-state index is 0.0401. The number of hydrogen-bond donors (Lipinski definition) is 0.